The van der Waals surface area contributed by atoms with Crippen molar-refractivity contribution in [3.8, 4) is 0 Å². The summed E-state index contributed by atoms with van der Waals surface area (Å²) >= 11 is 4.82. The van der Waals surface area contributed by atoms with E-state index < -0.39 is 12.1 Å². The number of carbonyl (C=O) groups is 1. The van der Waals surface area contributed by atoms with Crippen molar-refractivity contribution in [2.75, 3.05) is 13.2 Å². The average Bonchev–Trinajstić information content (AvgIpc) is 2.01. The summed E-state index contributed by atoms with van der Waals surface area (Å²) < 4.78 is 8.53. The molecule has 0 aliphatic carbocycles. The molecule has 11 heavy (non-hydrogen) atoms. The Morgan fingerprint density at radius 3 is 2.82 bits per heavy atom. The van der Waals surface area contributed by atoms with Gasteiger partial charge in [-0.25, -0.2) is 4.79 Å². The number of halogens is 1. The lowest BCUT2D eigenvalue weighted by atomic mass is 10.4. The third-order valence-corrected chi connectivity index (χ3v) is 0.966. The molecule has 0 bridgehead atoms. The fourth-order valence-corrected chi connectivity index (χ4v) is 0.504. The molecule has 1 N–H and O–H groups in total. The van der Waals surface area contributed by atoms with Gasteiger partial charge in [0.2, 0.25) is 0 Å². The van der Waals surface area contributed by atoms with Gasteiger partial charge in [0.1, 0.15) is 12.7 Å². The van der Waals surface area contributed by atoms with Crippen molar-refractivity contribution in [2.24, 2.45) is 0 Å². The first-order valence-corrected chi connectivity index (χ1v) is 3.22. The van der Waals surface area contributed by atoms with E-state index in [2.05, 4.69) is 15.6 Å². The lowest BCUT2D eigenvalue weighted by Crippen LogP contribution is -2.21. The van der Waals surface area contributed by atoms with Gasteiger partial charge in [0.25, 0.3) is 0 Å². The first kappa shape index (κ1) is 10.4. The van der Waals surface area contributed by atoms with E-state index in [1.54, 1.807) is 0 Å². The smallest absolute Gasteiger partial charge is 0.330 e. The number of esters is 1. The highest BCUT2D eigenvalue weighted by molar-refractivity contribution is 6.07. The Kier molecular flexibility index (Phi) is 5.83. The molecule has 5 heteroatoms. The predicted octanol–water partition coefficient (Wildman–Crippen LogP) is 0.247. The molecule has 0 saturated heterocycles. The van der Waals surface area contributed by atoms with Gasteiger partial charge >= 0.3 is 5.97 Å². The standard InChI is InChI=1S/C6H9ClO4/c1-2-6(9)10-3-5(8)4-11-7/h2,5,8H,1,3-4H2. The van der Waals surface area contributed by atoms with E-state index >= 15 is 0 Å². The van der Waals surface area contributed by atoms with Gasteiger partial charge in [0.05, 0.1) is 18.5 Å². The first-order chi connectivity index (χ1) is 5.20. The molecule has 0 aliphatic heterocycles. The SMILES string of the molecule is C=CC(=O)OCC(O)COCl. The number of hydrogen-bond acceptors (Lipinski definition) is 4. The van der Waals surface area contributed by atoms with Crippen LogP contribution in [0.3, 0.4) is 0 Å². The van der Waals surface area contributed by atoms with Gasteiger partial charge in [0, 0.05) is 6.08 Å². The number of aliphatic hydroxyl groups is 1. The lowest BCUT2D eigenvalue weighted by Gasteiger charge is -2.06. The van der Waals surface area contributed by atoms with Gasteiger partial charge in [-0.3, -0.25) is 4.29 Å². The van der Waals surface area contributed by atoms with Crippen molar-refractivity contribution in [1.29, 1.82) is 0 Å². The van der Waals surface area contributed by atoms with Gasteiger partial charge in [-0.15, -0.1) is 0 Å². The topological polar surface area (TPSA) is 55.8 Å². The molecule has 0 aromatic rings. The zero-order valence-electron chi connectivity index (χ0n) is 5.83. The summed E-state index contributed by atoms with van der Waals surface area (Å²) in [5.41, 5.74) is 0. The number of rotatable bonds is 5. The minimum Gasteiger partial charge on any atom is -0.460 e. The Balaban J connectivity index is 3.37. The molecule has 0 aromatic carbocycles. The van der Waals surface area contributed by atoms with Crippen LogP contribution >= 0.6 is 11.9 Å². The van der Waals surface area contributed by atoms with Crippen LogP contribution in [-0.2, 0) is 13.8 Å². The molecule has 4 nitrogen and oxygen atoms in total. The monoisotopic (exact) mass is 180 g/mol. The van der Waals surface area contributed by atoms with E-state index in [-0.39, 0.29) is 13.2 Å². The maximum Gasteiger partial charge on any atom is 0.330 e. The molecule has 0 fully saturated rings. The fourth-order valence-electron chi connectivity index (χ4n) is 0.358. The Labute approximate surface area is 69.5 Å². The summed E-state index contributed by atoms with van der Waals surface area (Å²) in [6.07, 6.45) is 0.116. The Morgan fingerprint density at radius 1 is 1.73 bits per heavy atom. The van der Waals surface area contributed by atoms with Crippen molar-refractivity contribution in [3.05, 3.63) is 12.7 Å². The van der Waals surface area contributed by atoms with Gasteiger partial charge in [-0.1, -0.05) is 6.58 Å². The van der Waals surface area contributed by atoms with Crippen molar-refractivity contribution in [1.82, 2.24) is 0 Å². The van der Waals surface area contributed by atoms with Gasteiger partial charge in [-0.2, -0.15) is 0 Å². The molecular weight excluding hydrogens is 172 g/mol. The van der Waals surface area contributed by atoms with Crippen LogP contribution in [0.25, 0.3) is 0 Å². The second kappa shape index (κ2) is 6.15. The Hall–Kier alpha value is -0.580. The summed E-state index contributed by atoms with van der Waals surface area (Å²) in [6, 6.07) is 0. The van der Waals surface area contributed by atoms with Crippen LogP contribution in [0.2, 0.25) is 0 Å². The molecule has 0 amide bonds. The summed E-state index contributed by atoms with van der Waals surface area (Å²) in [6.45, 7) is 2.95. The average molecular weight is 181 g/mol. The number of carbonyl (C=O) groups excluding carboxylic acids is 1. The van der Waals surface area contributed by atoms with Crippen LogP contribution in [0, 0.1) is 0 Å². The summed E-state index contributed by atoms with van der Waals surface area (Å²) in [7, 11) is 0. The van der Waals surface area contributed by atoms with E-state index in [1.807, 2.05) is 0 Å². The summed E-state index contributed by atoms with van der Waals surface area (Å²) in [5.74, 6) is -0.585. The van der Waals surface area contributed by atoms with Gasteiger partial charge < -0.3 is 9.84 Å². The van der Waals surface area contributed by atoms with Crippen LogP contribution in [0.4, 0.5) is 0 Å². The fraction of sp³-hybridized carbons (Fsp3) is 0.500. The third kappa shape index (κ3) is 5.84. The van der Waals surface area contributed by atoms with Crippen molar-refractivity contribution < 1.29 is 18.9 Å². The first-order valence-electron chi connectivity index (χ1n) is 2.91. The Bertz CT molecular complexity index is 137. The number of aliphatic hydroxyl groups excluding tert-OH is 1. The molecule has 0 saturated carbocycles. The van der Waals surface area contributed by atoms with E-state index in [0.717, 1.165) is 6.08 Å². The second-order valence-electron chi connectivity index (χ2n) is 1.76. The Morgan fingerprint density at radius 2 is 2.36 bits per heavy atom. The molecule has 1 atom stereocenters. The second-order valence-corrected chi connectivity index (χ2v) is 1.98. The maximum atomic E-state index is 10.4. The predicted molar refractivity (Wildman–Crippen MR) is 39.0 cm³/mol. The van der Waals surface area contributed by atoms with Crippen LogP contribution < -0.4 is 0 Å². The highest BCUT2D eigenvalue weighted by Crippen LogP contribution is 1.90. The summed E-state index contributed by atoms with van der Waals surface area (Å²) in [5, 5.41) is 8.87. The molecule has 0 aliphatic rings. The number of hydrogen-bond donors (Lipinski definition) is 1. The summed E-state index contributed by atoms with van der Waals surface area (Å²) in [4.78, 5) is 10.4. The maximum absolute atomic E-state index is 10.4. The van der Waals surface area contributed by atoms with Crippen molar-refractivity contribution >= 4 is 17.8 Å². The van der Waals surface area contributed by atoms with Crippen molar-refractivity contribution in [2.45, 2.75) is 6.10 Å². The third-order valence-electron chi connectivity index (χ3n) is 0.840. The molecule has 0 rings (SSSR count). The zero-order chi connectivity index (χ0) is 8.69. The molecule has 1 unspecified atom stereocenters. The van der Waals surface area contributed by atoms with Crippen LogP contribution in [0.15, 0.2) is 12.7 Å². The minimum atomic E-state index is -0.892. The zero-order valence-corrected chi connectivity index (χ0v) is 6.58. The van der Waals surface area contributed by atoms with Crippen LogP contribution in [0.5, 0.6) is 0 Å². The van der Waals surface area contributed by atoms with E-state index in [9.17, 15) is 4.79 Å². The van der Waals surface area contributed by atoms with E-state index in [4.69, 9.17) is 17.0 Å². The highest BCUT2D eigenvalue weighted by atomic mass is 35.5. The molecule has 0 spiro atoms. The quantitative estimate of drug-likeness (QED) is 0.487. The number of ether oxygens (including phenoxy) is 1. The van der Waals surface area contributed by atoms with Gasteiger partial charge in [-0.05, 0) is 0 Å². The normalized spacial score (nSPS) is 12.2. The minimum absolute atomic E-state index is 0.0774. The van der Waals surface area contributed by atoms with Crippen LogP contribution in [-0.4, -0.2) is 30.4 Å². The van der Waals surface area contributed by atoms with Gasteiger partial charge in [0.15, 0.2) is 0 Å². The highest BCUT2D eigenvalue weighted by Gasteiger charge is 2.05. The molecular formula is C6H9ClO4. The lowest BCUT2D eigenvalue weighted by molar-refractivity contribution is -0.141. The molecule has 0 radical (unpaired) electrons. The van der Waals surface area contributed by atoms with E-state index in [0.29, 0.717) is 0 Å². The molecule has 0 heterocycles. The van der Waals surface area contributed by atoms with Crippen molar-refractivity contribution in [3.63, 3.8) is 0 Å². The molecule has 64 valence electrons. The molecule has 0 aromatic heterocycles. The van der Waals surface area contributed by atoms with E-state index in [1.165, 1.54) is 0 Å². The largest absolute Gasteiger partial charge is 0.460 e. The van der Waals surface area contributed by atoms with Crippen LogP contribution in [0.1, 0.15) is 0 Å².